The molecule has 2 N–H and O–H groups in total. The number of hydrogen-bond donors (Lipinski definition) is 2. The van der Waals surface area contributed by atoms with Crippen LogP contribution in [0.4, 0.5) is 15.0 Å². The lowest BCUT2D eigenvalue weighted by atomic mass is 10.2. The number of carbonyl (C=O) groups is 2. The van der Waals surface area contributed by atoms with Crippen molar-refractivity contribution in [3.63, 3.8) is 0 Å². The second-order valence-corrected chi connectivity index (χ2v) is 6.33. The van der Waals surface area contributed by atoms with Crippen molar-refractivity contribution >= 4 is 29.5 Å². The van der Waals surface area contributed by atoms with Gasteiger partial charge in [-0.25, -0.2) is 19.0 Å². The molecule has 0 saturated carbocycles. The Morgan fingerprint density at radius 3 is 2.69 bits per heavy atom. The van der Waals surface area contributed by atoms with Crippen LogP contribution in [0.1, 0.15) is 28.9 Å². The number of aromatic carboxylic acids is 1. The van der Waals surface area contributed by atoms with Gasteiger partial charge in [0.2, 0.25) is 0 Å². The normalized spacial score (nSPS) is 11.7. The molecular formula is C18H15ClFN5O4. The number of anilines is 1. The minimum atomic E-state index is -1.10. The van der Waals surface area contributed by atoms with Crippen LogP contribution in [0.25, 0.3) is 11.3 Å². The molecule has 1 atom stereocenters. The van der Waals surface area contributed by atoms with Crippen LogP contribution in [0.15, 0.2) is 36.8 Å². The van der Waals surface area contributed by atoms with E-state index < -0.39 is 24.0 Å². The van der Waals surface area contributed by atoms with Crippen LogP contribution in [0, 0.1) is 5.82 Å². The number of carbonyl (C=O) groups excluding carboxylic acids is 1. The first-order valence-corrected chi connectivity index (χ1v) is 8.64. The Morgan fingerprint density at radius 1 is 1.28 bits per heavy atom. The van der Waals surface area contributed by atoms with Gasteiger partial charge in [-0.1, -0.05) is 11.6 Å². The van der Waals surface area contributed by atoms with E-state index in [2.05, 4.69) is 20.4 Å². The SMILES string of the molecule is C[C@@H](OC(=O)Nc1c(-c2ccc(C(=O)O)cn2)cnn1C)c1cc(F)cnc1Cl. The van der Waals surface area contributed by atoms with E-state index in [0.717, 1.165) is 12.3 Å². The van der Waals surface area contributed by atoms with Gasteiger partial charge in [0.1, 0.15) is 22.9 Å². The topological polar surface area (TPSA) is 119 Å². The molecule has 3 aromatic heterocycles. The summed E-state index contributed by atoms with van der Waals surface area (Å²) in [6.45, 7) is 1.53. The highest BCUT2D eigenvalue weighted by atomic mass is 35.5. The van der Waals surface area contributed by atoms with Crippen molar-refractivity contribution in [1.82, 2.24) is 19.7 Å². The van der Waals surface area contributed by atoms with Crippen LogP contribution < -0.4 is 5.32 Å². The van der Waals surface area contributed by atoms with Gasteiger partial charge in [-0.05, 0) is 25.1 Å². The lowest BCUT2D eigenvalue weighted by Crippen LogP contribution is -2.18. The first-order valence-electron chi connectivity index (χ1n) is 8.26. The van der Waals surface area contributed by atoms with Crippen LogP contribution in [-0.2, 0) is 11.8 Å². The summed E-state index contributed by atoms with van der Waals surface area (Å²) in [6.07, 6.45) is 1.94. The Kier molecular flexibility index (Phi) is 5.74. The predicted octanol–water partition coefficient (Wildman–Crippen LogP) is 3.68. The molecule has 1 amide bonds. The van der Waals surface area contributed by atoms with E-state index in [1.807, 2.05) is 0 Å². The zero-order valence-electron chi connectivity index (χ0n) is 15.3. The number of ether oxygens (including phenoxy) is 1. The van der Waals surface area contributed by atoms with Crippen LogP contribution in [0.5, 0.6) is 0 Å². The second kappa shape index (κ2) is 8.23. The Labute approximate surface area is 169 Å². The van der Waals surface area contributed by atoms with Crippen LogP contribution >= 0.6 is 11.6 Å². The summed E-state index contributed by atoms with van der Waals surface area (Å²) in [5.74, 6) is -1.43. The summed E-state index contributed by atoms with van der Waals surface area (Å²) in [5, 5.41) is 15.6. The number of rotatable bonds is 5. The average molecular weight is 420 g/mol. The molecule has 0 aliphatic carbocycles. The first kappa shape index (κ1) is 20.2. The zero-order chi connectivity index (χ0) is 21.1. The molecule has 0 spiro atoms. The number of aromatic nitrogens is 4. The number of pyridine rings is 2. The number of halogens is 2. The number of aryl methyl sites for hydroxylation is 1. The van der Waals surface area contributed by atoms with Crippen LogP contribution in [0.3, 0.4) is 0 Å². The van der Waals surface area contributed by atoms with E-state index in [-0.39, 0.29) is 22.1 Å². The quantitative estimate of drug-likeness (QED) is 0.605. The van der Waals surface area contributed by atoms with Gasteiger partial charge in [-0.2, -0.15) is 5.10 Å². The Hall–Kier alpha value is -3.53. The molecule has 3 rings (SSSR count). The minimum Gasteiger partial charge on any atom is -0.478 e. The largest absolute Gasteiger partial charge is 0.478 e. The fraction of sp³-hybridized carbons (Fsp3) is 0.167. The van der Waals surface area contributed by atoms with Gasteiger partial charge in [-0.3, -0.25) is 15.0 Å². The van der Waals surface area contributed by atoms with Crippen molar-refractivity contribution in [1.29, 1.82) is 0 Å². The number of carboxylic acids is 1. The molecule has 0 unspecified atom stereocenters. The minimum absolute atomic E-state index is 0.0237. The lowest BCUT2D eigenvalue weighted by Gasteiger charge is -2.15. The first-order chi connectivity index (χ1) is 13.8. The van der Waals surface area contributed by atoms with E-state index in [1.54, 1.807) is 7.05 Å². The van der Waals surface area contributed by atoms with E-state index in [9.17, 15) is 14.0 Å². The van der Waals surface area contributed by atoms with Gasteiger partial charge in [0.15, 0.2) is 0 Å². The summed E-state index contributed by atoms with van der Waals surface area (Å²) < 4.78 is 20.0. The number of hydrogen-bond acceptors (Lipinski definition) is 6. The maximum Gasteiger partial charge on any atom is 0.413 e. The highest BCUT2D eigenvalue weighted by molar-refractivity contribution is 6.30. The molecule has 3 heterocycles. The van der Waals surface area contributed by atoms with Gasteiger partial charge in [0.05, 0.1) is 29.2 Å². The molecule has 0 aliphatic heterocycles. The number of amides is 1. The molecule has 0 saturated heterocycles. The summed E-state index contributed by atoms with van der Waals surface area (Å²) >= 11 is 5.93. The molecule has 3 aromatic rings. The molecule has 0 radical (unpaired) electrons. The van der Waals surface area contributed by atoms with Gasteiger partial charge >= 0.3 is 12.1 Å². The summed E-state index contributed by atoms with van der Waals surface area (Å²) in [7, 11) is 1.60. The molecule has 0 aliphatic rings. The van der Waals surface area contributed by atoms with Crippen molar-refractivity contribution < 1.29 is 23.8 Å². The fourth-order valence-corrected chi connectivity index (χ4v) is 2.78. The molecule has 0 bridgehead atoms. The van der Waals surface area contributed by atoms with Crippen molar-refractivity contribution in [3.8, 4) is 11.3 Å². The fourth-order valence-electron chi connectivity index (χ4n) is 2.53. The number of nitrogens with zero attached hydrogens (tertiary/aromatic N) is 4. The van der Waals surface area contributed by atoms with Gasteiger partial charge in [-0.15, -0.1) is 0 Å². The third-order valence-corrected chi connectivity index (χ3v) is 4.32. The molecule has 0 fully saturated rings. The highest BCUT2D eigenvalue weighted by Gasteiger charge is 2.20. The van der Waals surface area contributed by atoms with Gasteiger partial charge in [0.25, 0.3) is 0 Å². The maximum atomic E-state index is 13.4. The van der Waals surface area contributed by atoms with Crippen molar-refractivity contribution in [3.05, 3.63) is 58.9 Å². The Balaban J connectivity index is 1.78. The van der Waals surface area contributed by atoms with Crippen molar-refractivity contribution in [2.75, 3.05) is 5.32 Å². The molecule has 11 heteroatoms. The van der Waals surface area contributed by atoms with Crippen molar-refractivity contribution in [2.24, 2.45) is 7.05 Å². The molecule has 150 valence electrons. The van der Waals surface area contributed by atoms with E-state index in [4.69, 9.17) is 21.4 Å². The summed E-state index contributed by atoms with van der Waals surface area (Å²) in [4.78, 5) is 31.1. The standard InChI is InChI=1S/C18H15ClFN5O4/c1-9(12-5-11(20)7-22-15(12)19)29-18(28)24-16-13(8-23-25(16)2)14-4-3-10(6-21-14)17(26)27/h3-9H,1-2H3,(H,24,28)(H,26,27)/t9-/m1/s1. The van der Waals surface area contributed by atoms with Crippen molar-refractivity contribution in [2.45, 2.75) is 13.0 Å². The van der Waals surface area contributed by atoms with Gasteiger partial charge < -0.3 is 9.84 Å². The second-order valence-electron chi connectivity index (χ2n) is 5.97. The van der Waals surface area contributed by atoms with E-state index >= 15 is 0 Å². The van der Waals surface area contributed by atoms with Crippen LogP contribution in [0.2, 0.25) is 5.15 Å². The number of carboxylic acid groups (broad SMARTS) is 1. The highest BCUT2D eigenvalue weighted by Crippen LogP contribution is 2.28. The Morgan fingerprint density at radius 2 is 2.03 bits per heavy atom. The zero-order valence-corrected chi connectivity index (χ0v) is 16.0. The molecular weight excluding hydrogens is 405 g/mol. The maximum absolute atomic E-state index is 13.4. The molecule has 0 aromatic carbocycles. The Bertz CT molecular complexity index is 1070. The molecule has 9 nitrogen and oxygen atoms in total. The molecule has 29 heavy (non-hydrogen) atoms. The van der Waals surface area contributed by atoms with E-state index in [0.29, 0.717) is 11.3 Å². The monoisotopic (exact) mass is 419 g/mol. The van der Waals surface area contributed by atoms with Gasteiger partial charge in [0, 0.05) is 18.8 Å². The summed E-state index contributed by atoms with van der Waals surface area (Å²) in [6, 6.07) is 4.02. The smallest absolute Gasteiger partial charge is 0.413 e. The predicted molar refractivity (Wildman–Crippen MR) is 101 cm³/mol. The third-order valence-electron chi connectivity index (χ3n) is 4.00. The van der Waals surface area contributed by atoms with Crippen LogP contribution in [-0.4, -0.2) is 36.9 Å². The number of nitrogens with one attached hydrogen (secondary N) is 1. The van der Waals surface area contributed by atoms with E-state index in [1.165, 1.54) is 36.1 Å². The lowest BCUT2D eigenvalue weighted by molar-refractivity contribution is 0.0696. The summed E-state index contributed by atoms with van der Waals surface area (Å²) in [5.41, 5.74) is 1.11. The average Bonchev–Trinajstić information content (AvgIpc) is 3.04. The third kappa shape index (κ3) is 4.49.